The average Bonchev–Trinajstić information content (AvgIpc) is 2.96. The standard InChI is InChI=1S/C11H13N3OS/c1-7-5-16-6-8(7)10-13-11(15-14-10)9-3-2-4-12-9/h5-6,9,12H,2-4H2,1H3. The van der Waals surface area contributed by atoms with E-state index >= 15 is 0 Å². The molecule has 0 amide bonds. The van der Waals surface area contributed by atoms with Crippen molar-refractivity contribution in [2.45, 2.75) is 25.8 Å². The molecule has 0 saturated carbocycles. The highest BCUT2D eigenvalue weighted by molar-refractivity contribution is 7.08. The molecule has 84 valence electrons. The van der Waals surface area contributed by atoms with Crippen LogP contribution in [0.2, 0.25) is 0 Å². The number of nitrogens with zero attached hydrogens (tertiary/aromatic N) is 2. The second-order valence-corrected chi connectivity index (χ2v) is 4.82. The Kier molecular flexibility index (Phi) is 2.49. The third kappa shape index (κ3) is 1.66. The molecule has 0 spiro atoms. The molecule has 0 aliphatic carbocycles. The van der Waals surface area contributed by atoms with Gasteiger partial charge < -0.3 is 9.84 Å². The molecule has 3 rings (SSSR count). The van der Waals surface area contributed by atoms with E-state index < -0.39 is 0 Å². The fraction of sp³-hybridized carbons (Fsp3) is 0.455. The van der Waals surface area contributed by atoms with E-state index in [9.17, 15) is 0 Å². The van der Waals surface area contributed by atoms with Crippen molar-refractivity contribution in [1.82, 2.24) is 15.5 Å². The Morgan fingerprint density at radius 2 is 2.44 bits per heavy atom. The minimum Gasteiger partial charge on any atom is -0.337 e. The normalized spacial score (nSPS) is 20.4. The van der Waals surface area contributed by atoms with Crippen molar-refractivity contribution in [1.29, 1.82) is 0 Å². The van der Waals surface area contributed by atoms with Crippen molar-refractivity contribution >= 4 is 11.3 Å². The highest BCUT2D eigenvalue weighted by Gasteiger charge is 2.23. The van der Waals surface area contributed by atoms with Crippen molar-refractivity contribution < 1.29 is 4.52 Å². The predicted molar refractivity (Wildman–Crippen MR) is 62.3 cm³/mol. The maximum absolute atomic E-state index is 5.31. The van der Waals surface area contributed by atoms with Crippen LogP contribution in [-0.4, -0.2) is 16.7 Å². The molecule has 3 heterocycles. The Labute approximate surface area is 97.7 Å². The van der Waals surface area contributed by atoms with Gasteiger partial charge in [0, 0.05) is 10.9 Å². The first-order valence-corrected chi connectivity index (χ1v) is 6.39. The number of aryl methyl sites for hydroxylation is 1. The van der Waals surface area contributed by atoms with Crippen molar-refractivity contribution in [2.75, 3.05) is 6.54 Å². The van der Waals surface area contributed by atoms with Crippen LogP contribution < -0.4 is 5.32 Å². The molecule has 2 aromatic rings. The Hall–Kier alpha value is -1.20. The summed E-state index contributed by atoms with van der Waals surface area (Å²) in [5, 5.41) is 11.6. The monoisotopic (exact) mass is 235 g/mol. The molecule has 1 aliphatic rings. The maximum atomic E-state index is 5.31. The van der Waals surface area contributed by atoms with Gasteiger partial charge in [-0.2, -0.15) is 16.3 Å². The number of nitrogens with one attached hydrogen (secondary N) is 1. The SMILES string of the molecule is Cc1cscc1-c1noc(C2CCCN2)n1. The van der Waals surface area contributed by atoms with Crippen molar-refractivity contribution in [3.05, 3.63) is 22.2 Å². The molecule has 1 fully saturated rings. The largest absolute Gasteiger partial charge is 0.337 e. The van der Waals surface area contributed by atoms with Gasteiger partial charge in [-0.1, -0.05) is 5.16 Å². The molecule has 0 bridgehead atoms. The topological polar surface area (TPSA) is 51.0 Å². The van der Waals surface area contributed by atoms with E-state index in [1.165, 1.54) is 12.0 Å². The zero-order chi connectivity index (χ0) is 11.0. The summed E-state index contributed by atoms with van der Waals surface area (Å²) in [6.45, 7) is 3.11. The first-order valence-electron chi connectivity index (χ1n) is 5.45. The van der Waals surface area contributed by atoms with Gasteiger partial charge in [0.25, 0.3) is 0 Å². The van der Waals surface area contributed by atoms with E-state index in [4.69, 9.17) is 4.52 Å². The molecule has 5 heteroatoms. The van der Waals surface area contributed by atoms with E-state index in [1.807, 2.05) is 0 Å². The van der Waals surface area contributed by atoms with Gasteiger partial charge in [0.05, 0.1) is 6.04 Å². The third-order valence-corrected chi connectivity index (χ3v) is 3.76. The lowest BCUT2D eigenvalue weighted by Gasteiger charge is -2.01. The molecule has 2 aromatic heterocycles. The molecule has 1 saturated heterocycles. The van der Waals surface area contributed by atoms with Crippen LogP contribution in [0, 0.1) is 6.92 Å². The van der Waals surface area contributed by atoms with Crippen LogP contribution in [0.25, 0.3) is 11.4 Å². The van der Waals surface area contributed by atoms with Crippen LogP contribution in [0.4, 0.5) is 0 Å². The molecular formula is C11H13N3OS. The van der Waals surface area contributed by atoms with Crippen LogP contribution in [0.1, 0.15) is 30.3 Å². The summed E-state index contributed by atoms with van der Waals surface area (Å²) < 4.78 is 5.31. The molecule has 16 heavy (non-hydrogen) atoms. The first kappa shape index (κ1) is 9.99. The van der Waals surface area contributed by atoms with Gasteiger partial charge in [-0.15, -0.1) is 0 Å². The maximum Gasteiger partial charge on any atom is 0.244 e. The summed E-state index contributed by atoms with van der Waals surface area (Å²) in [7, 11) is 0. The van der Waals surface area contributed by atoms with Gasteiger partial charge in [-0.3, -0.25) is 0 Å². The molecule has 1 unspecified atom stereocenters. The van der Waals surface area contributed by atoms with E-state index in [0.717, 1.165) is 24.4 Å². The Balaban J connectivity index is 1.90. The van der Waals surface area contributed by atoms with Crippen molar-refractivity contribution in [2.24, 2.45) is 0 Å². The third-order valence-electron chi connectivity index (χ3n) is 2.90. The van der Waals surface area contributed by atoms with Gasteiger partial charge in [-0.05, 0) is 37.3 Å². The lowest BCUT2D eigenvalue weighted by molar-refractivity contribution is 0.345. The van der Waals surface area contributed by atoms with Gasteiger partial charge in [0.2, 0.25) is 11.7 Å². The number of hydrogen-bond donors (Lipinski definition) is 1. The fourth-order valence-corrected chi connectivity index (χ4v) is 2.80. The van der Waals surface area contributed by atoms with Gasteiger partial charge in [0.15, 0.2) is 0 Å². The van der Waals surface area contributed by atoms with Crippen LogP contribution in [0.3, 0.4) is 0 Å². The van der Waals surface area contributed by atoms with E-state index in [-0.39, 0.29) is 6.04 Å². The molecule has 1 aliphatic heterocycles. The first-order chi connectivity index (χ1) is 7.84. The summed E-state index contributed by atoms with van der Waals surface area (Å²) >= 11 is 1.67. The van der Waals surface area contributed by atoms with Crippen molar-refractivity contribution in [3.63, 3.8) is 0 Å². The Bertz CT molecular complexity index is 485. The van der Waals surface area contributed by atoms with Crippen LogP contribution >= 0.6 is 11.3 Å². The summed E-state index contributed by atoms with van der Waals surface area (Å²) in [6, 6.07) is 0.250. The van der Waals surface area contributed by atoms with Gasteiger partial charge >= 0.3 is 0 Å². The highest BCUT2D eigenvalue weighted by Crippen LogP contribution is 2.27. The summed E-state index contributed by atoms with van der Waals surface area (Å²) in [6.07, 6.45) is 2.27. The summed E-state index contributed by atoms with van der Waals surface area (Å²) in [4.78, 5) is 4.46. The molecule has 4 nitrogen and oxygen atoms in total. The quantitative estimate of drug-likeness (QED) is 0.869. The zero-order valence-electron chi connectivity index (χ0n) is 9.06. The smallest absolute Gasteiger partial charge is 0.244 e. The molecule has 1 atom stereocenters. The lowest BCUT2D eigenvalue weighted by Crippen LogP contribution is -2.12. The van der Waals surface area contributed by atoms with Gasteiger partial charge in [0.1, 0.15) is 0 Å². The van der Waals surface area contributed by atoms with E-state index in [1.54, 1.807) is 11.3 Å². The van der Waals surface area contributed by atoms with Gasteiger partial charge in [-0.25, -0.2) is 0 Å². The Morgan fingerprint density at radius 1 is 1.50 bits per heavy atom. The molecule has 0 radical (unpaired) electrons. The number of hydrogen-bond acceptors (Lipinski definition) is 5. The van der Waals surface area contributed by atoms with Crippen LogP contribution in [-0.2, 0) is 0 Å². The summed E-state index contributed by atoms with van der Waals surface area (Å²) in [5.41, 5.74) is 2.29. The molecule has 0 aromatic carbocycles. The lowest BCUT2D eigenvalue weighted by atomic mass is 10.2. The summed E-state index contributed by atoms with van der Waals surface area (Å²) in [5.74, 6) is 1.43. The molecular weight excluding hydrogens is 222 g/mol. The van der Waals surface area contributed by atoms with Crippen molar-refractivity contribution in [3.8, 4) is 11.4 Å². The van der Waals surface area contributed by atoms with E-state index in [0.29, 0.717) is 5.82 Å². The minimum atomic E-state index is 0.250. The number of thiophene rings is 1. The van der Waals surface area contributed by atoms with Crippen LogP contribution in [0.5, 0.6) is 0 Å². The number of aromatic nitrogens is 2. The molecule has 1 N–H and O–H groups in total. The predicted octanol–water partition coefficient (Wildman–Crippen LogP) is 2.53. The average molecular weight is 235 g/mol. The Morgan fingerprint density at radius 3 is 3.12 bits per heavy atom. The number of rotatable bonds is 2. The van der Waals surface area contributed by atoms with Crippen LogP contribution in [0.15, 0.2) is 15.3 Å². The minimum absolute atomic E-state index is 0.250. The fourth-order valence-electron chi connectivity index (χ4n) is 1.97. The second-order valence-electron chi connectivity index (χ2n) is 4.07. The van der Waals surface area contributed by atoms with E-state index in [2.05, 4.69) is 33.1 Å². The highest BCUT2D eigenvalue weighted by atomic mass is 32.1. The second kappa shape index (κ2) is 3.99. The zero-order valence-corrected chi connectivity index (χ0v) is 9.88.